The predicted octanol–water partition coefficient (Wildman–Crippen LogP) is 6.46. The van der Waals surface area contributed by atoms with Crippen LogP contribution in [0, 0.1) is 35.5 Å². The number of cyclic esters (lactones) is 1. The van der Waals surface area contributed by atoms with Crippen LogP contribution in [0.25, 0.3) is 0 Å². The van der Waals surface area contributed by atoms with Crippen LogP contribution in [0.5, 0.6) is 0 Å². The SMILES string of the molecule is CO[C@H]1C[C@@H]2CC[C@@H](C)[C@@](O)(O2)C(=O)C(=O)N2CCCC[C@H]2C(=O)O[C@H]([C@H](C)C[C@@H]2CC[C@@H](OC(=O)CSCCO)[C@H](OC)C2)CC(=O)[C@H](C)/C=C(\C)[C@@H](O)[C@@H](OC)C(=O)[C@H](C)C[C@H](C)/C=C/C=CC=C1C. The molecule has 3 N–H and O–H groups in total. The molecule has 4 aliphatic rings. The number of amides is 1. The molecule has 406 valence electrons. The number of hydrogen-bond donors (Lipinski definition) is 3. The smallest absolute Gasteiger partial charge is 0.329 e. The molecule has 0 unspecified atom stereocenters. The minimum absolute atomic E-state index is 0.00307. The van der Waals surface area contributed by atoms with Crippen molar-refractivity contribution in [2.75, 3.05) is 46.0 Å². The Kier molecular flexibility index (Phi) is 25.0. The van der Waals surface area contributed by atoms with E-state index in [1.54, 1.807) is 48.0 Å². The number of aliphatic hydroxyl groups is 3. The standard InChI is InChI=1S/C55H85NO15S/c1-33-16-12-11-13-17-34(2)45(66-8)30-41-21-19-39(7)55(65,71-41)52(62)53(63)56-23-15-14-18-42(56)54(64)70-46(31-43(58)35(3)27-38(6)50(61)51(68-10)49(60)37(5)26-33)36(4)28-40-20-22-44(47(29-40)67-9)69-48(59)32-72-25-24-57/h11-13,16-17,27,33,35-37,39-42,44-47,50-51,57,61,65H,14-15,18-26,28-32H2,1-10H3/b13-11?,16-12+,34-17?,38-27+/t33-,35-,36-,37-,39-,40+,41+,42+,44-,45+,46+,47-,50-,51+,55-/m1/s1. The Bertz CT molecular complexity index is 1950. The molecule has 0 aromatic rings. The van der Waals surface area contributed by atoms with Crippen molar-refractivity contribution < 1.29 is 72.5 Å². The number of rotatable bonds is 11. The van der Waals surface area contributed by atoms with Crippen LogP contribution in [0.4, 0.5) is 0 Å². The molecular weight excluding hydrogens is 947 g/mol. The number of carbonyl (C=O) groups excluding carboxylic acids is 6. The van der Waals surface area contributed by atoms with Gasteiger partial charge in [0.2, 0.25) is 5.79 Å². The Morgan fingerprint density at radius 1 is 0.889 bits per heavy atom. The lowest BCUT2D eigenvalue weighted by molar-refractivity contribution is -0.265. The van der Waals surface area contributed by atoms with Gasteiger partial charge in [-0.2, -0.15) is 0 Å². The number of hydrogen-bond acceptors (Lipinski definition) is 16. The highest BCUT2D eigenvalue weighted by atomic mass is 32.2. The van der Waals surface area contributed by atoms with Crippen molar-refractivity contribution >= 4 is 47.0 Å². The molecule has 72 heavy (non-hydrogen) atoms. The second kappa shape index (κ2) is 29.5. The number of esters is 2. The zero-order chi connectivity index (χ0) is 53.3. The number of aliphatic hydroxyl groups excluding tert-OH is 2. The van der Waals surface area contributed by atoms with E-state index in [4.69, 9.17) is 33.5 Å². The van der Waals surface area contributed by atoms with E-state index in [1.165, 1.54) is 23.8 Å². The summed E-state index contributed by atoms with van der Waals surface area (Å²) in [6, 6.07) is -1.18. The first-order valence-corrected chi connectivity index (χ1v) is 27.2. The van der Waals surface area contributed by atoms with Crippen LogP contribution in [0.3, 0.4) is 0 Å². The molecule has 4 rings (SSSR count). The summed E-state index contributed by atoms with van der Waals surface area (Å²) in [5, 5.41) is 32.6. The molecule has 15 atom stereocenters. The van der Waals surface area contributed by atoms with Gasteiger partial charge in [0.15, 0.2) is 5.78 Å². The Hall–Kier alpha value is -3.55. The van der Waals surface area contributed by atoms with Crippen molar-refractivity contribution in [2.45, 2.75) is 180 Å². The maximum atomic E-state index is 14.5. The van der Waals surface area contributed by atoms with E-state index in [0.717, 1.165) is 5.57 Å². The molecule has 1 amide bonds. The predicted molar refractivity (Wildman–Crippen MR) is 273 cm³/mol. The van der Waals surface area contributed by atoms with Crippen molar-refractivity contribution in [3.8, 4) is 0 Å². The van der Waals surface area contributed by atoms with E-state index in [1.807, 2.05) is 51.2 Å². The Morgan fingerprint density at radius 3 is 2.31 bits per heavy atom. The lowest BCUT2D eigenvalue weighted by atomic mass is 9.78. The molecule has 0 aromatic carbocycles. The number of Topliss-reactive ketones (excluding diaryl/α,β-unsaturated/α-hetero) is 3. The fourth-order valence-electron chi connectivity index (χ4n) is 10.7. The van der Waals surface area contributed by atoms with Crippen molar-refractivity contribution in [1.82, 2.24) is 4.90 Å². The summed E-state index contributed by atoms with van der Waals surface area (Å²) in [5.41, 5.74) is 1.24. The van der Waals surface area contributed by atoms with Gasteiger partial charge in [-0.25, -0.2) is 4.79 Å². The zero-order valence-electron chi connectivity index (χ0n) is 44.5. The number of fused-ring (bicyclic) bond motifs is 3. The second-order valence-corrected chi connectivity index (χ2v) is 21.9. The Morgan fingerprint density at radius 2 is 1.62 bits per heavy atom. The molecule has 3 fully saturated rings. The van der Waals surface area contributed by atoms with Crippen LogP contribution in [0.1, 0.15) is 126 Å². The summed E-state index contributed by atoms with van der Waals surface area (Å²) in [5.74, 6) is -8.18. The van der Waals surface area contributed by atoms with Crippen LogP contribution < -0.4 is 0 Å². The molecule has 3 aliphatic heterocycles. The highest BCUT2D eigenvalue weighted by molar-refractivity contribution is 7.99. The number of ketones is 3. The van der Waals surface area contributed by atoms with Gasteiger partial charge in [-0.3, -0.25) is 24.0 Å². The van der Waals surface area contributed by atoms with Gasteiger partial charge in [-0.1, -0.05) is 71.1 Å². The van der Waals surface area contributed by atoms with Crippen LogP contribution in [0.15, 0.2) is 47.6 Å². The average Bonchev–Trinajstić information content (AvgIpc) is 3.35. The molecular formula is C55H85NO15S. The number of piperidine rings is 1. The van der Waals surface area contributed by atoms with Crippen LogP contribution >= 0.6 is 11.8 Å². The molecule has 17 heteroatoms. The highest BCUT2D eigenvalue weighted by Gasteiger charge is 2.53. The third kappa shape index (κ3) is 17.0. The summed E-state index contributed by atoms with van der Waals surface area (Å²) < 4.78 is 35.5. The van der Waals surface area contributed by atoms with E-state index < -0.39 is 95.9 Å². The van der Waals surface area contributed by atoms with Crippen molar-refractivity contribution in [2.24, 2.45) is 35.5 Å². The minimum Gasteiger partial charge on any atom is -0.460 e. The number of ether oxygens (including phenoxy) is 6. The van der Waals surface area contributed by atoms with Gasteiger partial charge in [-0.05, 0) is 107 Å². The summed E-state index contributed by atoms with van der Waals surface area (Å²) in [4.78, 5) is 85.0. The van der Waals surface area contributed by atoms with Gasteiger partial charge in [-0.15, -0.1) is 11.8 Å². The molecule has 0 radical (unpaired) electrons. The van der Waals surface area contributed by atoms with Crippen molar-refractivity contribution in [1.29, 1.82) is 0 Å². The first-order chi connectivity index (χ1) is 34.2. The highest BCUT2D eigenvalue weighted by Crippen LogP contribution is 2.38. The molecule has 3 heterocycles. The number of carbonyl (C=O) groups is 6. The number of methoxy groups -OCH3 is 3. The molecule has 2 bridgehead atoms. The molecule has 1 aliphatic carbocycles. The molecule has 0 aromatic heterocycles. The van der Waals surface area contributed by atoms with E-state index in [2.05, 4.69) is 0 Å². The van der Waals surface area contributed by atoms with Gasteiger partial charge in [0.05, 0.1) is 30.7 Å². The van der Waals surface area contributed by atoms with Crippen LogP contribution in [0.2, 0.25) is 0 Å². The minimum atomic E-state index is -2.45. The molecule has 2 saturated heterocycles. The summed E-state index contributed by atoms with van der Waals surface area (Å²) in [7, 11) is 4.50. The van der Waals surface area contributed by atoms with Crippen LogP contribution in [-0.2, 0) is 57.2 Å². The quantitative estimate of drug-likeness (QED) is 0.0875. The van der Waals surface area contributed by atoms with Gasteiger partial charge in [0, 0.05) is 64.2 Å². The fourth-order valence-corrected chi connectivity index (χ4v) is 11.2. The zero-order valence-corrected chi connectivity index (χ0v) is 45.3. The van der Waals surface area contributed by atoms with Gasteiger partial charge in [0.1, 0.15) is 36.2 Å². The monoisotopic (exact) mass is 1030 g/mol. The molecule has 0 spiro atoms. The largest absolute Gasteiger partial charge is 0.460 e. The maximum Gasteiger partial charge on any atom is 0.329 e. The maximum absolute atomic E-state index is 14.5. The van der Waals surface area contributed by atoms with Crippen molar-refractivity contribution in [3.05, 3.63) is 47.6 Å². The van der Waals surface area contributed by atoms with E-state index in [0.29, 0.717) is 75.5 Å². The number of thioether (sulfide) groups is 1. The first kappa shape index (κ1) is 61.0. The number of nitrogens with zero attached hydrogens (tertiary/aromatic N) is 1. The lowest BCUT2D eigenvalue weighted by Crippen LogP contribution is -2.61. The fraction of sp³-hybridized carbons (Fsp3) is 0.745. The topological polar surface area (TPSA) is 222 Å². The first-order valence-electron chi connectivity index (χ1n) is 26.1. The third-order valence-electron chi connectivity index (χ3n) is 15.2. The number of allylic oxidation sites excluding steroid dienone is 6. The molecule has 1 saturated carbocycles. The van der Waals surface area contributed by atoms with E-state index in [-0.39, 0.29) is 61.1 Å². The summed E-state index contributed by atoms with van der Waals surface area (Å²) in [6.07, 6.45) is 10.7. The van der Waals surface area contributed by atoms with Crippen molar-refractivity contribution in [3.63, 3.8) is 0 Å². The summed E-state index contributed by atoms with van der Waals surface area (Å²) in [6.45, 7) is 12.6. The normalized spacial score (nSPS) is 36.4. The Labute approximate surface area is 432 Å². The summed E-state index contributed by atoms with van der Waals surface area (Å²) >= 11 is 1.29. The molecule has 16 nitrogen and oxygen atoms in total. The van der Waals surface area contributed by atoms with Crippen LogP contribution in [-0.4, -0.2) is 156 Å². The lowest BCUT2D eigenvalue weighted by Gasteiger charge is -2.42. The van der Waals surface area contributed by atoms with Gasteiger partial charge in [0.25, 0.3) is 11.7 Å². The van der Waals surface area contributed by atoms with Gasteiger partial charge >= 0.3 is 11.9 Å². The average molecular weight is 1030 g/mol. The van der Waals surface area contributed by atoms with Gasteiger partial charge < -0.3 is 48.6 Å². The third-order valence-corrected chi connectivity index (χ3v) is 16.1. The Balaban J connectivity index is 1.68. The second-order valence-electron chi connectivity index (χ2n) is 20.8. The van der Waals surface area contributed by atoms with E-state index in [9.17, 15) is 39.0 Å². The van der Waals surface area contributed by atoms with E-state index >= 15 is 0 Å².